The standard InChI is InChI=1S/C20H20N2O6/c21-20(18(25)26,10-9-17(23)24)22-19(27)28-11-16-14-7-3-1-5-12(14)13-6-2-4-8-15(13)16/h1-8,16H,9-11,21H2,(H,22,27)(H,23,24)(H,25,26)/t20-/m0/s1. The molecule has 0 heterocycles. The molecule has 1 aliphatic rings. The number of hydrogen-bond donors (Lipinski definition) is 4. The van der Waals surface area contributed by atoms with Gasteiger partial charge in [-0.25, -0.2) is 9.59 Å². The van der Waals surface area contributed by atoms with Crippen LogP contribution in [-0.2, 0) is 14.3 Å². The fraction of sp³-hybridized carbons (Fsp3) is 0.250. The second-order valence-corrected chi connectivity index (χ2v) is 6.62. The summed E-state index contributed by atoms with van der Waals surface area (Å²) in [6, 6.07) is 15.6. The van der Waals surface area contributed by atoms with Crippen LogP contribution in [0.25, 0.3) is 11.1 Å². The summed E-state index contributed by atoms with van der Waals surface area (Å²) in [6.45, 7) is -0.00547. The van der Waals surface area contributed by atoms with Crippen LogP contribution in [0, 0.1) is 0 Å². The number of nitrogens with two attached hydrogens (primary N) is 1. The Kier molecular flexibility index (Phi) is 5.32. The van der Waals surface area contributed by atoms with Gasteiger partial charge in [-0.15, -0.1) is 0 Å². The van der Waals surface area contributed by atoms with Gasteiger partial charge in [0, 0.05) is 18.8 Å². The summed E-state index contributed by atoms with van der Waals surface area (Å²) >= 11 is 0. The predicted molar refractivity (Wildman–Crippen MR) is 99.6 cm³/mol. The topological polar surface area (TPSA) is 139 Å². The van der Waals surface area contributed by atoms with Crippen molar-refractivity contribution in [1.29, 1.82) is 0 Å². The maximum absolute atomic E-state index is 12.2. The second kappa shape index (κ2) is 7.69. The zero-order chi connectivity index (χ0) is 20.3. The summed E-state index contributed by atoms with van der Waals surface area (Å²) in [7, 11) is 0. The Morgan fingerprint density at radius 3 is 2.04 bits per heavy atom. The van der Waals surface area contributed by atoms with E-state index in [0.29, 0.717) is 0 Å². The van der Waals surface area contributed by atoms with Gasteiger partial charge >= 0.3 is 18.0 Å². The van der Waals surface area contributed by atoms with Crippen LogP contribution in [0.1, 0.15) is 29.9 Å². The van der Waals surface area contributed by atoms with E-state index in [0.717, 1.165) is 22.3 Å². The molecule has 2 aromatic rings. The SMILES string of the molecule is N[C@@](CCC(=O)O)(NC(=O)OCC1c2ccccc2-c2ccccc21)C(=O)O. The number of carbonyl (C=O) groups is 3. The maximum Gasteiger partial charge on any atom is 0.409 e. The predicted octanol–water partition coefficient (Wildman–Crippen LogP) is 2.13. The first-order valence-electron chi connectivity index (χ1n) is 8.69. The molecular formula is C20H20N2O6. The van der Waals surface area contributed by atoms with Gasteiger partial charge in [-0.2, -0.15) is 0 Å². The number of amides is 1. The Hall–Kier alpha value is -3.39. The average Bonchev–Trinajstić information content (AvgIpc) is 2.98. The highest BCUT2D eigenvalue weighted by Gasteiger charge is 2.37. The third-order valence-electron chi connectivity index (χ3n) is 4.78. The molecule has 8 nitrogen and oxygen atoms in total. The van der Waals surface area contributed by atoms with Crippen molar-refractivity contribution in [2.24, 2.45) is 5.73 Å². The number of nitrogens with one attached hydrogen (secondary N) is 1. The number of alkyl carbamates (subject to hydrolysis) is 1. The third-order valence-corrected chi connectivity index (χ3v) is 4.78. The number of ether oxygens (including phenoxy) is 1. The molecule has 0 bridgehead atoms. The molecule has 0 fully saturated rings. The van der Waals surface area contributed by atoms with E-state index in [-0.39, 0.29) is 12.5 Å². The lowest BCUT2D eigenvalue weighted by molar-refractivity contribution is -0.145. The molecule has 1 amide bonds. The Morgan fingerprint density at radius 2 is 1.54 bits per heavy atom. The van der Waals surface area contributed by atoms with E-state index in [9.17, 15) is 19.5 Å². The van der Waals surface area contributed by atoms with Crippen molar-refractivity contribution in [3.63, 3.8) is 0 Å². The summed E-state index contributed by atoms with van der Waals surface area (Å²) < 4.78 is 5.25. The minimum Gasteiger partial charge on any atom is -0.481 e. The van der Waals surface area contributed by atoms with E-state index in [1.54, 1.807) is 0 Å². The van der Waals surface area contributed by atoms with Gasteiger partial charge in [0.25, 0.3) is 0 Å². The van der Waals surface area contributed by atoms with E-state index in [1.165, 1.54) is 0 Å². The van der Waals surface area contributed by atoms with Crippen molar-refractivity contribution in [2.75, 3.05) is 6.61 Å². The van der Waals surface area contributed by atoms with Gasteiger partial charge in [0.15, 0.2) is 5.66 Å². The van der Waals surface area contributed by atoms with Crippen LogP contribution in [0.5, 0.6) is 0 Å². The number of hydrogen-bond acceptors (Lipinski definition) is 5. The van der Waals surface area contributed by atoms with Crippen LogP contribution < -0.4 is 11.1 Å². The van der Waals surface area contributed by atoms with Crippen molar-refractivity contribution in [1.82, 2.24) is 5.32 Å². The highest BCUT2D eigenvalue weighted by atomic mass is 16.5. The maximum atomic E-state index is 12.2. The van der Waals surface area contributed by atoms with E-state index in [2.05, 4.69) is 5.32 Å². The largest absolute Gasteiger partial charge is 0.481 e. The van der Waals surface area contributed by atoms with Crippen LogP contribution in [0.15, 0.2) is 48.5 Å². The molecule has 146 valence electrons. The lowest BCUT2D eigenvalue weighted by Gasteiger charge is -2.25. The minimum atomic E-state index is -2.22. The molecule has 0 aliphatic heterocycles. The fourth-order valence-corrected chi connectivity index (χ4v) is 3.34. The van der Waals surface area contributed by atoms with Gasteiger partial charge in [0.2, 0.25) is 0 Å². The zero-order valence-electron chi connectivity index (χ0n) is 14.9. The number of rotatable bonds is 7. The Bertz CT molecular complexity index is 883. The van der Waals surface area contributed by atoms with E-state index >= 15 is 0 Å². The van der Waals surface area contributed by atoms with Crippen molar-refractivity contribution in [2.45, 2.75) is 24.4 Å². The Morgan fingerprint density at radius 1 is 1.00 bits per heavy atom. The average molecular weight is 384 g/mol. The molecule has 2 aromatic carbocycles. The zero-order valence-corrected chi connectivity index (χ0v) is 14.9. The van der Waals surface area contributed by atoms with Gasteiger partial charge in [0.1, 0.15) is 6.61 Å². The molecule has 0 saturated heterocycles. The van der Waals surface area contributed by atoms with Crippen molar-refractivity contribution < 1.29 is 29.3 Å². The summed E-state index contributed by atoms with van der Waals surface area (Å²) in [5.74, 6) is -2.94. The van der Waals surface area contributed by atoms with Crippen molar-refractivity contribution >= 4 is 18.0 Å². The second-order valence-electron chi connectivity index (χ2n) is 6.62. The lowest BCUT2D eigenvalue weighted by Crippen LogP contribution is -2.61. The molecule has 5 N–H and O–H groups in total. The van der Waals surface area contributed by atoms with E-state index in [4.69, 9.17) is 15.6 Å². The number of aliphatic carboxylic acids is 2. The first-order chi connectivity index (χ1) is 13.3. The molecule has 3 rings (SSSR count). The molecule has 1 atom stereocenters. The highest BCUT2D eigenvalue weighted by Crippen LogP contribution is 2.44. The molecule has 0 unspecified atom stereocenters. The van der Waals surface area contributed by atoms with E-state index < -0.39 is 36.5 Å². The Balaban J connectivity index is 1.71. The smallest absolute Gasteiger partial charge is 0.409 e. The van der Waals surface area contributed by atoms with Crippen LogP contribution in [0.4, 0.5) is 4.79 Å². The Labute approximate surface area is 160 Å². The molecular weight excluding hydrogens is 364 g/mol. The first-order valence-corrected chi connectivity index (χ1v) is 8.69. The van der Waals surface area contributed by atoms with Crippen LogP contribution in [0.2, 0.25) is 0 Å². The fourth-order valence-electron chi connectivity index (χ4n) is 3.34. The van der Waals surface area contributed by atoms with Gasteiger partial charge < -0.3 is 14.9 Å². The summed E-state index contributed by atoms with van der Waals surface area (Å²) in [4.78, 5) is 34.2. The highest BCUT2D eigenvalue weighted by molar-refractivity contribution is 5.84. The summed E-state index contributed by atoms with van der Waals surface area (Å²) in [6.07, 6.45) is -1.99. The normalized spacial score (nSPS) is 14.5. The van der Waals surface area contributed by atoms with E-state index in [1.807, 2.05) is 48.5 Å². The molecule has 0 saturated carbocycles. The number of benzene rings is 2. The van der Waals surface area contributed by atoms with Gasteiger partial charge in [-0.1, -0.05) is 48.5 Å². The summed E-state index contributed by atoms with van der Waals surface area (Å²) in [5, 5.41) is 20.1. The third kappa shape index (κ3) is 3.81. The van der Waals surface area contributed by atoms with Gasteiger partial charge in [0.05, 0.1) is 0 Å². The monoisotopic (exact) mass is 384 g/mol. The quantitative estimate of drug-likeness (QED) is 0.536. The molecule has 0 spiro atoms. The molecule has 0 radical (unpaired) electrons. The number of carboxylic acids is 2. The van der Waals surface area contributed by atoms with Crippen LogP contribution in [-0.4, -0.2) is 40.5 Å². The molecule has 28 heavy (non-hydrogen) atoms. The molecule has 8 heteroatoms. The van der Waals surface area contributed by atoms with Crippen molar-refractivity contribution in [3.05, 3.63) is 59.7 Å². The number of fused-ring (bicyclic) bond motifs is 3. The van der Waals surface area contributed by atoms with Crippen molar-refractivity contribution in [3.8, 4) is 11.1 Å². The van der Waals surface area contributed by atoms with Gasteiger partial charge in [-0.05, 0) is 22.3 Å². The lowest BCUT2D eigenvalue weighted by atomic mass is 9.98. The van der Waals surface area contributed by atoms with Crippen LogP contribution in [0.3, 0.4) is 0 Å². The summed E-state index contributed by atoms with van der Waals surface area (Å²) in [5.41, 5.74) is 7.58. The number of carboxylic acid groups (broad SMARTS) is 2. The minimum absolute atomic E-state index is 0.00547. The van der Waals surface area contributed by atoms with Crippen LogP contribution >= 0.6 is 0 Å². The number of carbonyl (C=O) groups excluding carboxylic acids is 1. The molecule has 1 aliphatic carbocycles. The first kappa shape index (κ1) is 19.4. The van der Waals surface area contributed by atoms with Gasteiger partial charge in [-0.3, -0.25) is 15.8 Å². The molecule has 0 aromatic heterocycles.